The van der Waals surface area contributed by atoms with Gasteiger partial charge in [-0.05, 0) is 45.7 Å². The van der Waals surface area contributed by atoms with E-state index in [1.54, 1.807) is 16.7 Å². The van der Waals surface area contributed by atoms with Crippen molar-refractivity contribution in [2.75, 3.05) is 11.9 Å². The number of aliphatic hydroxyl groups is 3. The minimum atomic E-state index is -1.59. The van der Waals surface area contributed by atoms with E-state index in [1.165, 1.54) is 0 Å². The number of hydrogen-bond donors (Lipinski definition) is 4. The molecule has 4 N–H and O–H groups in total. The van der Waals surface area contributed by atoms with Gasteiger partial charge < -0.3 is 20.6 Å². The SMILES string of the molecule is CC(C)(C)Nc1nc2cc(Cl)c(Cl)cc2n1C1(O)CCC(CO)C1O. The Morgan fingerprint density at radius 1 is 1.32 bits per heavy atom. The van der Waals surface area contributed by atoms with E-state index in [9.17, 15) is 15.3 Å². The number of anilines is 1. The molecule has 1 heterocycles. The van der Waals surface area contributed by atoms with E-state index in [2.05, 4.69) is 10.3 Å². The Morgan fingerprint density at radius 3 is 2.52 bits per heavy atom. The maximum Gasteiger partial charge on any atom is 0.206 e. The largest absolute Gasteiger partial charge is 0.396 e. The fraction of sp³-hybridized carbons (Fsp3) is 0.588. The van der Waals surface area contributed by atoms with Crippen LogP contribution in [0.3, 0.4) is 0 Å². The van der Waals surface area contributed by atoms with Crippen molar-refractivity contribution >= 4 is 40.2 Å². The third kappa shape index (κ3) is 3.22. The van der Waals surface area contributed by atoms with Crippen molar-refractivity contribution in [1.82, 2.24) is 9.55 Å². The Bertz CT molecular complexity index is 803. The topological polar surface area (TPSA) is 90.5 Å². The first-order chi connectivity index (χ1) is 11.6. The number of fused-ring (bicyclic) bond motifs is 1. The highest BCUT2D eigenvalue weighted by atomic mass is 35.5. The molecule has 1 aliphatic rings. The van der Waals surface area contributed by atoms with E-state index in [0.29, 0.717) is 39.9 Å². The number of nitrogens with one attached hydrogen (secondary N) is 1. The molecule has 0 aliphatic heterocycles. The molecule has 2 aromatic rings. The summed E-state index contributed by atoms with van der Waals surface area (Å²) in [6.07, 6.45) is -0.321. The summed E-state index contributed by atoms with van der Waals surface area (Å²) < 4.78 is 1.58. The molecule has 0 saturated heterocycles. The first-order valence-electron chi connectivity index (χ1n) is 8.24. The molecular weight excluding hydrogens is 365 g/mol. The summed E-state index contributed by atoms with van der Waals surface area (Å²) in [6, 6.07) is 3.27. The van der Waals surface area contributed by atoms with E-state index in [4.69, 9.17) is 23.2 Å². The predicted molar refractivity (Wildman–Crippen MR) is 99.1 cm³/mol. The second-order valence-corrected chi connectivity index (χ2v) is 8.52. The summed E-state index contributed by atoms with van der Waals surface area (Å²) in [7, 11) is 0. The van der Waals surface area contributed by atoms with Gasteiger partial charge in [0, 0.05) is 18.1 Å². The summed E-state index contributed by atoms with van der Waals surface area (Å²) in [5.74, 6) is 0.0219. The van der Waals surface area contributed by atoms with E-state index < -0.39 is 17.7 Å². The van der Waals surface area contributed by atoms with Crippen LogP contribution in [0.1, 0.15) is 33.6 Å². The van der Waals surface area contributed by atoms with Crippen molar-refractivity contribution in [3.8, 4) is 0 Å². The van der Waals surface area contributed by atoms with Gasteiger partial charge in [0.25, 0.3) is 0 Å². The highest BCUT2D eigenvalue weighted by Crippen LogP contribution is 2.43. The lowest BCUT2D eigenvalue weighted by Crippen LogP contribution is -2.45. The van der Waals surface area contributed by atoms with Crippen LogP contribution < -0.4 is 5.32 Å². The second kappa shape index (κ2) is 6.28. The van der Waals surface area contributed by atoms with E-state index in [0.717, 1.165) is 0 Å². The van der Waals surface area contributed by atoms with Gasteiger partial charge in [-0.15, -0.1) is 0 Å². The predicted octanol–water partition coefficient (Wildman–Crippen LogP) is 2.96. The summed E-state index contributed by atoms with van der Waals surface area (Å²) in [4.78, 5) is 4.55. The van der Waals surface area contributed by atoms with Gasteiger partial charge in [-0.2, -0.15) is 0 Å². The molecule has 0 amide bonds. The number of aliphatic hydroxyl groups excluding tert-OH is 2. The molecule has 1 aromatic heterocycles. The first kappa shape index (κ1) is 18.7. The molecule has 1 aliphatic carbocycles. The van der Waals surface area contributed by atoms with Crippen LogP contribution in [0.5, 0.6) is 0 Å². The average Bonchev–Trinajstić information content (AvgIpc) is 2.97. The molecule has 8 heteroatoms. The van der Waals surface area contributed by atoms with Crippen molar-refractivity contribution in [2.45, 2.75) is 51.0 Å². The summed E-state index contributed by atoms with van der Waals surface area (Å²) in [6.45, 7) is 5.73. The number of aromatic nitrogens is 2. The van der Waals surface area contributed by atoms with Crippen LogP contribution in [0.15, 0.2) is 12.1 Å². The molecule has 0 bridgehead atoms. The zero-order chi connectivity index (χ0) is 18.6. The normalized spacial score (nSPS) is 27.2. The lowest BCUT2D eigenvalue weighted by atomic mass is 10.0. The zero-order valence-corrected chi connectivity index (χ0v) is 15.9. The van der Waals surface area contributed by atoms with Gasteiger partial charge in [0.15, 0.2) is 5.72 Å². The van der Waals surface area contributed by atoms with Crippen LogP contribution in [-0.4, -0.2) is 43.1 Å². The number of rotatable bonds is 3. The Balaban J connectivity index is 2.24. The molecule has 3 atom stereocenters. The number of nitrogens with zero attached hydrogens (tertiary/aromatic N) is 2. The monoisotopic (exact) mass is 387 g/mol. The molecule has 6 nitrogen and oxygen atoms in total. The van der Waals surface area contributed by atoms with Gasteiger partial charge in [-0.1, -0.05) is 23.2 Å². The van der Waals surface area contributed by atoms with Crippen LogP contribution in [0.4, 0.5) is 5.95 Å². The minimum absolute atomic E-state index is 0.190. The van der Waals surface area contributed by atoms with Crippen molar-refractivity contribution in [3.63, 3.8) is 0 Å². The quantitative estimate of drug-likeness (QED) is 0.649. The summed E-state index contributed by atoms with van der Waals surface area (Å²) in [5.41, 5.74) is -0.772. The van der Waals surface area contributed by atoms with Gasteiger partial charge in [0.05, 0.1) is 21.1 Å². The zero-order valence-electron chi connectivity index (χ0n) is 14.4. The van der Waals surface area contributed by atoms with E-state index >= 15 is 0 Å². The highest BCUT2D eigenvalue weighted by molar-refractivity contribution is 6.42. The molecule has 3 rings (SSSR count). The standard InChI is InChI=1S/C17H23Cl2N3O3/c1-16(2,3)21-15-20-12-6-10(18)11(19)7-13(12)22(15)17(25)5-4-9(8-23)14(17)24/h6-7,9,14,23-25H,4-5,8H2,1-3H3,(H,20,21). The fourth-order valence-electron chi connectivity index (χ4n) is 3.40. The number of halogens is 2. The lowest BCUT2D eigenvalue weighted by molar-refractivity contribution is -0.125. The van der Waals surface area contributed by atoms with Gasteiger partial charge in [-0.3, -0.25) is 4.57 Å². The maximum atomic E-state index is 11.3. The molecule has 138 valence electrons. The van der Waals surface area contributed by atoms with E-state index in [1.807, 2.05) is 20.8 Å². The summed E-state index contributed by atoms with van der Waals surface area (Å²) >= 11 is 12.3. The van der Waals surface area contributed by atoms with Crippen molar-refractivity contribution < 1.29 is 15.3 Å². The van der Waals surface area contributed by atoms with Crippen LogP contribution in [0, 0.1) is 5.92 Å². The Morgan fingerprint density at radius 2 is 1.96 bits per heavy atom. The van der Waals surface area contributed by atoms with E-state index in [-0.39, 0.29) is 12.1 Å². The number of benzene rings is 1. The van der Waals surface area contributed by atoms with Gasteiger partial charge in [-0.25, -0.2) is 4.98 Å². The molecule has 0 spiro atoms. The molecule has 1 fully saturated rings. The molecule has 3 unspecified atom stereocenters. The third-order valence-electron chi connectivity index (χ3n) is 4.61. The second-order valence-electron chi connectivity index (χ2n) is 7.71. The molecular formula is C17H23Cl2N3O3. The first-order valence-corrected chi connectivity index (χ1v) is 9.00. The van der Waals surface area contributed by atoms with Gasteiger partial charge in [0.1, 0.15) is 6.10 Å². The van der Waals surface area contributed by atoms with Gasteiger partial charge >= 0.3 is 0 Å². The average molecular weight is 388 g/mol. The van der Waals surface area contributed by atoms with Crippen LogP contribution in [-0.2, 0) is 5.72 Å². The number of hydrogen-bond acceptors (Lipinski definition) is 5. The van der Waals surface area contributed by atoms with Crippen LogP contribution in [0.25, 0.3) is 11.0 Å². The molecule has 25 heavy (non-hydrogen) atoms. The fourth-order valence-corrected chi connectivity index (χ4v) is 3.72. The van der Waals surface area contributed by atoms with Crippen molar-refractivity contribution in [2.24, 2.45) is 5.92 Å². The van der Waals surface area contributed by atoms with Crippen molar-refractivity contribution in [3.05, 3.63) is 22.2 Å². The third-order valence-corrected chi connectivity index (χ3v) is 5.33. The van der Waals surface area contributed by atoms with Gasteiger partial charge in [0.2, 0.25) is 5.95 Å². The molecule has 1 aromatic carbocycles. The van der Waals surface area contributed by atoms with Crippen LogP contribution >= 0.6 is 23.2 Å². The Kier molecular flexibility index (Phi) is 4.71. The molecule has 1 saturated carbocycles. The number of imidazole rings is 1. The Hall–Kier alpha value is -1.05. The highest BCUT2D eigenvalue weighted by Gasteiger charge is 2.49. The van der Waals surface area contributed by atoms with Crippen LogP contribution in [0.2, 0.25) is 10.0 Å². The summed E-state index contributed by atoms with van der Waals surface area (Å²) in [5, 5.41) is 35.4. The maximum absolute atomic E-state index is 11.3. The molecule has 0 radical (unpaired) electrons. The lowest BCUT2D eigenvalue weighted by Gasteiger charge is -2.33. The Labute approximate surface area is 156 Å². The smallest absolute Gasteiger partial charge is 0.206 e. The minimum Gasteiger partial charge on any atom is -0.396 e. The van der Waals surface area contributed by atoms with Crippen molar-refractivity contribution in [1.29, 1.82) is 0 Å².